The van der Waals surface area contributed by atoms with Crippen LogP contribution in [0.3, 0.4) is 0 Å². The highest BCUT2D eigenvalue weighted by molar-refractivity contribution is 7.89. The lowest BCUT2D eigenvalue weighted by molar-refractivity contribution is -0.384. The molecule has 0 N–H and O–H groups in total. The topological polar surface area (TPSA) is 101 Å². The molecule has 0 aromatic heterocycles. The number of piperazine rings is 1. The minimum atomic E-state index is -3.68. The number of rotatable bonds is 4. The summed E-state index contributed by atoms with van der Waals surface area (Å²) < 4.78 is 26.7. The zero-order valence-electron chi connectivity index (χ0n) is 14.4. The van der Waals surface area contributed by atoms with Gasteiger partial charge >= 0.3 is 0 Å². The molecule has 0 spiro atoms. The molecule has 1 amide bonds. The van der Waals surface area contributed by atoms with Gasteiger partial charge in [0, 0.05) is 43.3 Å². The van der Waals surface area contributed by atoms with Crippen molar-refractivity contribution >= 4 is 44.8 Å². The highest BCUT2D eigenvalue weighted by atomic mass is 35.5. The Morgan fingerprint density at radius 3 is 2.14 bits per heavy atom. The third-order valence-electron chi connectivity index (χ3n) is 4.37. The van der Waals surface area contributed by atoms with Gasteiger partial charge in [-0.1, -0.05) is 23.2 Å². The van der Waals surface area contributed by atoms with Crippen LogP contribution in [0.15, 0.2) is 47.4 Å². The molecule has 28 heavy (non-hydrogen) atoms. The number of sulfonamides is 1. The van der Waals surface area contributed by atoms with E-state index in [0.717, 1.165) is 6.07 Å². The van der Waals surface area contributed by atoms with E-state index in [1.165, 1.54) is 45.6 Å². The lowest BCUT2D eigenvalue weighted by atomic mass is 10.1. The summed E-state index contributed by atoms with van der Waals surface area (Å²) in [5.74, 6) is -0.400. The predicted molar refractivity (Wildman–Crippen MR) is 104 cm³/mol. The van der Waals surface area contributed by atoms with Gasteiger partial charge < -0.3 is 4.90 Å². The second kappa shape index (κ2) is 8.04. The van der Waals surface area contributed by atoms with Crippen LogP contribution in [0.5, 0.6) is 0 Å². The number of benzene rings is 2. The molecule has 2 aromatic carbocycles. The number of non-ortho nitro benzene ring substituents is 1. The van der Waals surface area contributed by atoms with Gasteiger partial charge in [0.05, 0.1) is 20.4 Å². The Morgan fingerprint density at radius 2 is 1.61 bits per heavy atom. The maximum Gasteiger partial charge on any atom is 0.270 e. The third kappa shape index (κ3) is 4.12. The van der Waals surface area contributed by atoms with Gasteiger partial charge in [0.1, 0.15) is 0 Å². The Morgan fingerprint density at radius 1 is 1.00 bits per heavy atom. The summed E-state index contributed by atoms with van der Waals surface area (Å²) in [7, 11) is -3.68. The van der Waals surface area contributed by atoms with E-state index in [1.54, 1.807) is 0 Å². The standard InChI is InChI=1S/C17H15Cl2N3O5S/c18-12-1-4-14(5-2-12)28(26,27)21-9-7-20(8-10-21)17(23)15-6-3-13(22(24)25)11-16(15)19/h1-6,11H,7-10H2. The van der Waals surface area contributed by atoms with Crippen LogP contribution in [0, 0.1) is 10.1 Å². The smallest absolute Gasteiger partial charge is 0.270 e. The molecule has 148 valence electrons. The van der Waals surface area contributed by atoms with Crippen molar-refractivity contribution in [3.63, 3.8) is 0 Å². The first kappa shape index (κ1) is 20.5. The van der Waals surface area contributed by atoms with Crippen molar-refractivity contribution in [1.82, 2.24) is 9.21 Å². The van der Waals surface area contributed by atoms with E-state index in [2.05, 4.69) is 0 Å². The van der Waals surface area contributed by atoms with Crippen molar-refractivity contribution in [3.8, 4) is 0 Å². The van der Waals surface area contributed by atoms with Gasteiger partial charge in [-0.05, 0) is 30.3 Å². The Labute approximate surface area is 171 Å². The summed E-state index contributed by atoms with van der Waals surface area (Å²) >= 11 is 11.8. The van der Waals surface area contributed by atoms with Crippen LogP contribution in [-0.2, 0) is 10.0 Å². The molecule has 0 aliphatic carbocycles. The molecule has 1 saturated heterocycles. The summed E-state index contributed by atoms with van der Waals surface area (Å²) in [4.78, 5) is 24.4. The van der Waals surface area contributed by atoms with E-state index in [-0.39, 0.29) is 47.3 Å². The van der Waals surface area contributed by atoms with Crippen LogP contribution < -0.4 is 0 Å². The van der Waals surface area contributed by atoms with Gasteiger partial charge in [0.2, 0.25) is 10.0 Å². The second-order valence-electron chi connectivity index (χ2n) is 6.07. The first-order valence-electron chi connectivity index (χ1n) is 8.19. The Bertz CT molecular complexity index is 1020. The summed E-state index contributed by atoms with van der Waals surface area (Å²) in [5, 5.41) is 11.2. The molecule has 1 aliphatic heterocycles. The minimum absolute atomic E-state index is 0.0181. The highest BCUT2D eigenvalue weighted by Crippen LogP contribution is 2.25. The number of carbonyl (C=O) groups is 1. The summed E-state index contributed by atoms with van der Waals surface area (Å²) in [6.07, 6.45) is 0. The number of amides is 1. The van der Waals surface area contributed by atoms with Gasteiger partial charge in [-0.15, -0.1) is 0 Å². The highest BCUT2D eigenvalue weighted by Gasteiger charge is 2.31. The molecular weight excluding hydrogens is 429 g/mol. The van der Waals surface area contributed by atoms with E-state index in [4.69, 9.17) is 23.2 Å². The van der Waals surface area contributed by atoms with Crippen LogP contribution in [0.2, 0.25) is 10.0 Å². The van der Waals surface area contributed by atoms with Crippen LogP contribution in [0.4, 0.5) is 5.69 Å². The van der Waals surface area contributed by atoms with E-state index < -0.39 is 20.9 Å². The zero-order valence-corrected chi connectivity index (χ0v) is 16.7. The van der Waals surface area contributed by atoms with Crippen molar-refractivity contribution in [2.45, 2.75) is 4.90 Å². The fourth-order valence-electron chi connectivity index (χ4n) is 2.85. The molecule has 0 atom stereocenters. The molecule has 1 heterocycles. The molecule has 0 unspecified atom stereocenters. The Balaban J connectivity index is 1.70. The van der Waals surface area contributed by atoms with E-state index in [9.17, 15) is 23.3 Å². The lowest BCUT2D eigenvalue weighted by Crippen LogP contribution is -2.50. The number of nitro groups is 1. The normalized spacial score (nSPS) is 15.4. The van der Waals surface area contributed by atoms with E-state index in [0.29, 0.717) is 5.02 Å². The molecule has 3 rings (SSSR count). The average molecular weight is 444 g/mol. The number of halogens is 2. The quantitative estimate of drug-likeness (QED) is 0.533. The van der Waals surface area contributed by atoms with Crippen LogP contribution in [0.25, 0.3) is 0 Å². The monoisotopic (exact) mass is 443 g/mol. The van der Waals surface area contributed by atoms with Gasteiger partial charge in [-0.2, -0.15) is 4.31 Å². The van der Waals surface area contributed by atoms with Gasteiger partial charge in [0.15, 0.2) is 0 Å². The molecule has 2 aromatic rings. The third-order valence-corrected chi connectivity index (χ3v) is 6.85. The first-order valence-corrected chi connectivity index (χ1v) is 10.4. The van der Waals surface area contributed by atoms with E-state index in [1.807, 2.05) is 0 Å². The fourth-order valence-corrected chi connectivity index (χ4v) is 4.65. The van der Waals surface area contributed by atoms with Gasteiger partial charge in [0.25, 0.3) is 11.6 Å². The number of nitrogens with zero attached hydrogens (tertiary/aromatic N) is 3. The van der Waals surface area contributed by atoms with E-state index >= 15 is 0 Å². The largest absolute Gasteiger partial charge is 0.336 e. The summed E-state index contributed by atoms with van der Waals surface area (Å²) in [5.41, 5.74) is -0.0679. The number of nitro benzene ring substituents is 1. The summed E-state index contributed by atoms with van der Waals surface area (Å²) in [6.45, 7) is 0.612. The second-order valence-corrected chi connectivity index (χ2v) is 8.85. The van der Waals surface area contributed by atoms with Crippen molar-refractivity contribution in [3.05, 3.63) is 68.2 Å². The maximum atomic E-state index is 12.7. The fraction of sp³-hybridized carbons (Fsp3) is 0.235. The lowest BCUT2D eigenvalue weighted by Gasteiger charge is -2.34. The Hall–Kier alpha value is -2.20. The zero-order chi connectivity index (χ0) is 20.5. The van der Waals surface area contributed by atoms with Crippen molar-refractivity contribution < 1.29 is 18.1 Å². The molecule has 0 radical (unpaired) electrons. The van der Waals surface area contributed by atoms with Crippen LogP contribution >= 0.6 is 23.2 Å². The molecular formula is C17H15Cl2N3O5S. The van der Waals surface area contributed by atoms with Crippen LogP contribution in [0.1, 0.15) is 10.4 Å². The van der Waals surface area contributed by atoms with Crippen LogP contribution in [-0.4, -0.2) is 54.6 Å². The molecule has 8 nitrogen and oxygen atoms in total. The molecule has 0 bridgehead atoms. The maximum absolute atomic E-state index is 12.7. The van der Waals surface area contributed by atoms with Crippen molar-refractivity contribution in [1.29, 1.82) is 0 Å². The number of hydrogen-bond acceptors (Lipinski definition) is 5. The molecule has 1 fully saturated rings. The first-order chi connectivity index (χ1) is 13.2. The molecule has 11 heteroatoms. The summed E-state index contributed by atoms with van der Waals surface area (Å²) in [6, 6.07) is 9.52. The number of carbonyl (C=O) groups excluding carboxylic acids is 1. The predicted octanol–water partition coefficient (Wildman–Crippen LogP) is 3.05. The van der Waals surface area contributed by atoms with Crippen molar-refractivity contribution in [2.75, 3.05) is 26.2 Å². The minimum Gasteiger partial charge on any atom is -0.336 e. The van der Waals surface area contributed by atoms with Gasteiger partial charge in [-0.25, -0.2) is 8.42 Å². The average Bonchev–Trinajstić information content (AvgIpc) is 2.67. The molecule has 1 aliphatic rings. The SMILES string of the molecule is O=C(c1ccc([N+](=O)[O-])cc1Cl)N1CCN(S(=O)(=O)c2ccc(Cl)cc2)CC1. The van der Waals surface area contributed by atoms with Crippen molar-refractivity contribution in [2.24, 2.45) is 0 Å². The van der Waals surface area contributed by atoms with Gasteiger partial charge in [-0.3, -0.25) is 14.9 Å². The Kier molecular flexibility index (Phi) is 5.90. The molecule has 0 saturated carbocycles. The number of hydrogen-bond donors (Lipinski definition) is 0.